The summed E-state index contributed by atoms with van der Waals surface area (Å²) < 4.78 is 2.48. The van der Waals surface area contributed by atoms with E-state index in [1.54, 1.807) is 0 Å². The Labute approximate surface area is 121 Å². The molecule has 0 fully saturated rings. The van der Waals surface area contributed by atoms with Gasteiger partial charge in [0.2, 0.25) is 0 Å². The monoisotopic (exact) mass is 265 g/mol. The molecule has 0 amide bonds. The lowest BCUT2D eigenvalue weighted by Gasteiger charge is -2.13. The van der Waals surface area contributed by atoms with Crippen molar-refractivity contribution in [3.05, 3.63) is 47.5 Å². The van der Waals surface area contributed by atoms with E-state index in [1.807, 2.05) is 0 Å². The first kappa shape index (κ1) is 13.2. The SMILES string of the molecule is Cc1ccc2c3ccc(C(C)C)cc3n(C(C)C)c2c1. The first-order chi connectivity index (χ1) is 9.49. The summed E-state index contributed by atoms with van der Waals surface area (Å²) in [6, 6.07) is 14.2. The van der Waals surface area contributed by atoms with Crippen LogP contribution < -0.4 is 0 Å². The number of aryl methyl sites for hydroxylation is 1. The summed E-state index contributed by atoms with van der Waals surface area (Å²) in [7, 11) is 0. The molecule has 0 unspecified atom stereocenters. The predicted molar refractivity (Wildman–Crippen MR) is 88.7 cm³/mol. The fraction of sp³-hybridized carbons (Fsp3) is 0.368. The average Bonchev–Trinajstić information content (AvgIpc) is 2.70. The lowest BCUT2D eigenvalue weighted by atomic mass is 10.0. The van der Waals surface area contributed by atoms with Crippen molar-refractivity contribution in [2.24, 2.45) is 0 Å². The molecule has 0 aliphatic carbocycles. The maximum atomic E-state index is 2.48. The zero-order valence-electron chi connectivity index (χ0n) is 13.1. The zero-order valence-corrected chi connectivity index (χ0v) is 13.1. The molecule has 1 heterocycles. The van der Waals surface area contributed by atoms with E-state index in [9.17, 15) is 0 Å². The second kappa shape index (κ2) is 4.66. The van der Waals surface area contributed by atoms with Crippen LogP contribution in [0.25, 0.3) is 21.8 Å². The lowest BCUT2D eigenvalue weighted by molar-refractivity contribution is 0.641. The van der Waals surface area contributed by atoms with E-state index in [4.69, 9.17) is 0 Å². The standard InChI is InChI=1S/C19H23N/c1-12(2)15-7-9-17-16-8-6-14(5)10-18(16)20(13(3)4)19(17)11-15/h6-13H,1-5H3. The van der Waals surface area contributed by atoms with Crippen molar-refractivity contribution in [3.63, 3.8) is 0 Å². The Kier molecular flexibility index (Phi) is 3.08. The van der Waals surface area contributed by atoms with Crippen molar-refractivity contribution in [2.75, 3.05) is 0 Å². The molecule has 0 saturated carbocycles. The molecule has 3 aromatic rings. The second-order valence-electron chi connectivity index (χ2n) is 6.42. The largest absolute Gasteiger partial charge is 0.338 e. The van der Waals surface area contributed by atoms with Gasteiger partial charge in [0.1, 0.15) is 0 Å². The maximum absolute atomic E-state index is 2.48. The van der Waals surface area contributed by atoms with Crippen LogP contribution in [-0.4, -0.2) is 4.57 Å². The molecule has 3 rings (SSSR count). The van der Waals surface area contributed by atoms with Gasteiger partial charge in [-0.3, -0.25) is 0 Å². The van der Waals surface area contributed by atoms with E-state index in [1.165, 1.54) is 32.9 Å². The highest BCUT2D eigenvalue weighted by molar-refractivity contribution is 6.08. The predicted octanol–water partition coefficient (Wildman–Crippen LogP) is 5.81. The van der Waals surface area contributed by atoms with Crippen molar-refractivity contribution in [1.82, 2.24) is 4.57 Å². The van der Waals surface area contributed by atoms with Crippen LogP contribution >= 0.6 is 0 Å². The third kappa shape index (κ3) is 1.93. The lowest BCUT2D eigenvalue weighted by Crippen LogP contribution is -2.00. The van der Waals surface area contributed by atoms with Gasteiger partial charge in [0.05, 0.1) is 0 Å². The highest BCUT2D eigenvalue weighted by Gasteiger charge is 2.14. The normalized spacial score (nSPS) is 12.2. The Hall–Kier alpha value is -1.76. The fourth-order valence-corrected chi connectivity index (χ4v) is 3.09. The summed E-state index contributed by atoms with van der Waals surface area (Å²) in [5.41, 5.74) is 5.47. The number of nitrogens with zero attached hydrogens (tertiary/aromatic N) is 1. The molecule has 0 atom stereocenters. The van der Waals surface area contributed by atoms with Gasteiger partial charge in [-0.05, 0) is 49.9 Å². The highest BCUT2D eigenvalue weighted by Crippen LogP contribution is 2.34. The third-order valence-corrected chi connectivity index (χ3v) is 4.17. The van der Waals surface area contributed by atoms with Gasteiger partial charge in [-0.25, -0.2) is 0 Å². The van der Waals surface area contributed by atoms with Crippen LogP contribution in [0.2, 0.25) is 0 Å². The summed E-state index contributed by atoms with van der Waals surface area (Å²) >= 11 is 0. The third-order valence-electron chi connectivity index (χ3n) is 4.17. The van der Waals surface area contributed by atoms with Gasteiger partial charge in [-0.1, -0.05) is 38.1 Å². The summed E-state index contributed by atoms with van der Waals surface area (Å²) in [6.07, 6.45) is 0. The minimum atomic E-state index is 0.471. The van der Waals surface area contributed by atoms with Crippen molar-refractivity contribution in [1.29, 1.82) is 0 Å². The number of hydrogen-bond donors (Lipinski definition) is 0. The molecule has 0 N–H and O–H groups in total. The van der Waals surface area contributed by atoms with E-state index >= 15 is 0 Å². The first-order valence-corrected chi connectivity index (χ1v) is 7.53. The topological polar surface area (TPSA) is 4.93 Å². The number of aromatic nitrogens is 1. The smallest absolute Gasteiger partial charge is 0.0496 e. The fourth-order valence-electron chi connectivity index (χ4n) is 3.09. The van der Waals surface area contributed by atoms with E-state index in [-0.39, 0.29) is 0 Å². The van der Waals surface area contributed by atoms with Crippen molar-refractivity contribution in [3.8, 4) is 0 Å². The summed E-state index contributed by atoms with van der Waals surface area (Å²) in [6.45, 7) is 11.2. The Morgan fingerprint density at radius 3 is 2.00 bits per heavy atom. The minimum Gasteiger partial charge on any atom is -0.338 e. The molecule has 0 aliphatic heterocycles. The van der Waals surface area contributed by atoms with Crippen LogP contribution in [0.4, 0.5) is 0 Å². The molecule has 0 saturated heterocycles. The molecule has 2 aromatic carbocycles. The molecule has 0 spiro atoms. The van der Waals surface area contributed by atoms with Gasteiger partial charge >= 0.3 is 0 Å². The average molecular weight is 265 g/mol. The number of benzene rings is 2. The molecule has 0 bridgehead atoms. The molecule has 104 valence electrons. The molecule has 1 heteroatoms. The van der Waals surface area contributed by atoms with E-state index in [0.29, 0.717) is 12.0 Å². The van der Waals surface area contributed by atoms with Gasteiger partial charge in [-0.15, -0.1) is 0 Å². The summed E-state index contributed by atoms with van der Waals surface area (Å²) in [4.78, 5) is 0. The second-order valence-corrected chi connectivity index (χ2v) is 6.42. The summed E-state index contributed by atoms with van der Waals surface area (Å²) in [5.74, 6) is 0.569. The zero-order chi connectivity index (χ0) is 14.4. The Morgan fingerprint density at radius 2 is 1.40 bits per heavy atom. The Bertz CT molecular complexity index is 775. The molecule has 20 heavy (non-hydrogen) atoms. The van der Waals surface area contributed by atoms with Crippen molar-refractivity contribution in [2.45, 2.75) is 46.6 Å². The van der Waals surface area contributed by atoms with E-state index in [0.717, 1.165) is 0 Å². The van der Waals surface area contributed by atoms with Gasteiger partial charge in [0.25, 0.3) is 0 Å². The highest BCUT2D eigenvalue weighted by atomic mass is 15.0. The van der Waals surface area contributed by atoms with E-state index in [2.05, 4.69) is 75.6 Å². The number of rotatable bonds is 2. The Balaban J connectivity index is 2.46. The molecular weight excluding hydrogens is 242 g/mol. The van der Waals surface area contributed by atoms with Crippen molar-refractivity contribution < 1.29 is 0 Å². The van der Waals surface area contributed by atoms with Gasteiger partial charge < -0.3 is 4.57 Å². The minimum absolute atomic E-state index is 0.471. The van der Waals surface area contributed by atoms with Gasteiger partial charge in [0.15, 0.2) is 0 Å². The maximum Gasteiger partial charge on any atom is 0.0496 e. The van der Waals surface area contributed by atoms with Crippen LogP contribution in [0, 0.1) is 6.92 Å². The van der Waals surface area contributed by atoms with Crippen LogP contribution in [0.3, 0.4) is 0 Å². The van der Waals surface area contributed by atoms with Crippen LogP contribution in [0.1, 0.15) is 50.8 Å². The van der Waals surface area contributed by atoms with Gasteiger partial charge in [-0.2, -0.15) is 0 Å². The Morgan fingerprint density at radius 1 is 0.800 bits per heavy atom. The van der Waals surface area contributed by atoms with Crippen LogP contribution in [0.15, 0.2) is 36.4 Å². The first-order valence-electron chi connectivity index (χ1n) is 7.53. The van der Waals surface area contributed by atoms with Gasteiger partial charge in [0, 0.05) is 27.8 Å². The van der Waals surface area contributed by atoms with E-state index < -0.39 is 0 Å². The van der Waals surface area contributed by atoms with Crippen LogP contribution in [-0.2, 0) is 0 Å². The molecule has 0 radical (unpaired) electrons. The number of hydrogen-bond acceptors (Lipinski definition) is 0. The summed E-state index contributed by atoms with van der Waals surface area (Å²) in [5, 5.41) is 2.74. The quantitative estimate of drug-likeness (QED) is 0.551. The van der Waals surface area contributed by atoms with Crippen LogP contribution in [0.5, 0.6) is 0 Å². The molecule has 1 aromatic heterocycles. The van der Waals surface area contributed by atoms with Crippen molar-refractivity contribution >= 4 is 21.8 Å². The molecule has 1 nitrogen and oxygen atoms in total. The molecular formula is C19H23N. The molecule has 0 aliphatic rings. The number of fused-ring (bicyclic) bond motifs is 3.